The third-order valence-corrected chi connectivity index (χ3v) is 5.44. The Balaban J connectivity index is 3.04. The summed E-state index contributed by atoms with van der Waals surface area (Å²) in [5, 5.41) is 0.702. The Kier molecular flexibility index (Phi) is 7.99. The van der Waals surface area contributed by atoms with Gasteiger partial charge in [0.1, 0.15) is 5.82 Å². The van der Waals surface area contributed by atoms with Crippen molar-refractivity contribution in [2.24, 2.45) is 0 Å². The van der Waals surface area contributed by atoms with E-state index in [9.17, 15) is 4.39 Å². The van der Waals surface area contributed by atoms with Gasteiger partial charge in [-0.05, 0) is 31.4 Å². The van der Waals surface area contributed by atoms with Crippen LogP contribution in [0.3, 0.4) is 0 Å². The highest BCUT2D eigenvalue weighted by molar-refractivity contribution is 6.75. The maximum Gasteiger partial charge on any atom is 0.537 e. The summed E-state index contributed by atoms with van der Waals surface area (Å²) in [6.45, 7) is 7.75. The second-order valence-electron chi connectivity index (χ2n) is 4.61. The normalized spacial score (nSPS) is 11.8. The SMILES string of the molecule is CCCO[Si](OCCC)(OCCC)c1cccc(F)c1. The van der Waals surface area contributed by atoms with E-state index in [4.69, 9.17) is 13.3 Å². The zero-order valence-electron chi connectivity index (χ0n) is 12.7. The van der Waals surface area contributed by atoms with E-state index in [0.29, 0.717) is 25.0 Å². The first-order valence-corrected chi connectivity index (χ1v) is 9.08. The number of benzene rings is 1. The molecule has 0 saturated carbocycles. The lowest BCUT2D eigenvalue weighted by molar-refractivity contribution is 0.0731. The van der Waals surface area contributed by atoms with E-state index in [2.05, 4.69) is 0 Å². The highest BCUT2D eigenvalue weighted by Crippen LogP contribution is 2.13. The molecule has 0 aliphatic carbocycles. The minimum atomic E-state index is -3.01. The van der Waals surface area contributed by atoms with Crippen LogP contribution in [0.2, 0.25) is 0 Å². The predicted octanol–water partition coefficient (Wildman–Crippen LogP) is 3.25. The monoisotopic (exact) mass is 300 g/mol. The standard InChI is InChI=1S/C15H25FO3Si/c1-4-10-17-20(18-11-5-2,19-12-6-3)15-9-7-8-14(16)13-15/h7-9,13H,4-6,10-12H2,1-3H3. The van der Waals surface area contributed by atoms with Crippen molar-refractivity contribution in [1.82, 2.24) is 0 Å². The summed E-state index contributed by atoms with van der Waals surface area (Å²) in [4.78, 5) is 0. The number of hydrogen-bond acceptors (Lipinski definition) is 3. The molecule has 0 N–H and O–H groups in total. The Morgan fingerprint density at radius 1 is 0.900 bits per heavy atom. The van der Waals surface area contributed by atoms with E-state index in [-0.39, 0.29) is 5.82 Å². The van der Waals surface area contributed by atoms with Crippen molar-refractivity contribution in [1.29, 1.82) is 0 Å². The first-order chi connectivity index (χ1) is 9.68. The Morgan fingerprint density at radius 2 is 1.40 bits per heavy atom. The first-order valence-electron chi connectivity index (χ1n) is 7.36. The van der Waals surface area contributed by atoms with Crippen LogP contribution in [-0.2, 0) is 13.3 Å². The lowest BCUT2D eigenvalue weighted by Crippen LogP contribution is -2.57. The van der Waals surface area contributed by atoms with Gasteiger partial charge in [-0.25, -0.2) is 4.39 Å². The quantitative estimate of drug-likeness (QED) is 0.621. The van der Waals surface area contributed by atoms with Crippen LogP contribution in [0.1, 0.15) is 40.0 Å². The lowest BCUT2D eigenvalue weighted by Gasteiger charge is -2.29. The molecule has 1 aromatic rings. The molecule has 1 aromatic carbocycles. The van der Waals surface area contributed by atoms with Crippen molar-refractivity contribution in [3.8, 4) is 0 Å². The molecule has 0 unspecified atom stereocenters. The van der Waals surface area contributed by atoms with E-state index in [1.807, 2.05) is 26.8 Å². The van der Waals surface area contributed by atoms with Crippen molar-refractivity contribution in [3.05, 3.63) is 30.1 Å². The van der Waals surface area contributed by atoms with E-state index in [1.54, 1.807) is 6.07 Å². The molecular weight excluding hydrogens is 275 g/mol. The van der Waals surface area contributed by atoms with Crippen LogP contribution < -0.4 is 5.19 Å². The minimum absolute atomic E-state index is 0.292. The minimum Gasteiger partial charge on any atom is -0.370 e. The number of hydrogen-bond donors (Lipinski definition) is 0. The average Bonchev–Trinajstić information content (AvgIpc) is 2.47. The largest absolute Gasteiger partial charge is 0.537 e. The van der Waals surface area contributed by atoms with Crippen LogP contribution in [0.15, 0.2) is 24.3 Å². The first kappa shape index (κ1) is 17.3. The summed E-state index contributed by atoms with van der Waals surface area (Å²) in [6.07, 6.45) is 2.61. The van der Waals surface area contributed by atoms with E-state index < -0.39 is 8.80 Å². The zero-order chi connectivity index (χ0) is 14.8. The van der Waals surface area contributed by atoms with Gasteiger partial charge in [0.15, 0.2) is 0 Å². The summed E-state index contributed by atoms with van der Waals surface area (Å²) in [5.74, 6) is -0.292. The molecule has 0 aromatic heterocycles. The summed E-state index contributed by atoms with van der Waals surface area (Å²) in [6, 6.07) is 6.39. The topological polar surface area (TPSA) is 27.7 Å². The number of halogens is 1. The Labute approximate surface area is 122 Å². The van der Waals surface area contributed by atoms with E-state index in [0.717, 1.165) is 19.3 Å². The Bertz CT molecular complexity index is 365. The van der Waals surface area contributed by atoms with Crippen LogP contribution in [0.5, 0.6) is 0 Å². The van der Waals surface area contributed by atoms with Crippen molar-refractivity contribution in [2.45, 2.75) is 40.0 Å². The van der Waals surface area contributed by atoms with Gasteiger partial charge in [-0.15, -0.1) is 0 Å². The third-order valence-electron chi connectivity index (χ3n) is 2.67. The average molecular weight is 300 g/mol. The van der Waals surface area contributed by atoms with Crippen molar-refractivity contribution in [3.63, 3.8) is 0 Å². The van der Waals surface area contributed by atoms with Crippen LogP contribution in [0.25, 0.3) is 0 Å². The summed E-state index contributed by atoms with van der Waals surface area (Å²) in [5.41, 5.74) is 0. The smallest absolute Gasteiger partial charge is 0.370 e. The summed E-state index contributed by atoms with van der Waals surface area (Å²) >= 11 is 0. The maximum absolute atomic E-state index is 13.5. The highest BCUT2D eigenvalue weighted by Gasteiger charge is 2.43. The molecule has 114 valence electrons. The van der Waals surface area contributed by atoms with Gasteiger partial charge in [-0.1, -0.05) is 32.9 Å². The van der Waals surface area contributed by atoms with Gasteiger partial charge in [0, 0.05) is 25.0 Å². The summed E-state index contributed by atoms with van der Waals surface area (Å²) < 4.78 is 31.4. The van der Waals surface area contributed by atoms with Gasteiger partial charge in [-0.2, -0.15) is 0 Å². The molecule has 0 heterocycles. The second kappa shape index (κ2) is 9.23. The molecule has 1 rings (SSSR count). The molecule has 5 heteroatoms. The van der Waals surface area contributed by atoms with Crippen molar-refractivity contribution >= 4 is 14.0 Å². The zero-order valence-corrected chi connectivity index (χ0v) is 13.7. The molecule has 3 nitrogen and oxygen atoms in total. The fraction of sp³-hybridized carbons (Fsp3) is 0.600. The molecule has 0 aliphatic heterocycles. The molecule has 20 heavy (non-hydrogen) atoms. The van der Waals surface area contributed by atoms with Gasteiger partial charge in [0.05, 0.1) is 0 Å². The molecule has 0 radical (unpaired) electrons. The van der Waals surface area contributed by atoms with Gasteiger partial charge < -0.3 is 13.3 Å². The molecule has 0 amide bonds. The predicted molar refractivity (Wildman–Crippen MR) is 80.5 cm³/mol. The van der Waals surface area contributed by atoms with Gasteiger partial charge >= 0.3 is 8.80 Å². The van der Waals surface area contributed by atoms with Gasteiger partial charge in [-0.3, -0.25) is 0 Å². The van der Waals surface area contributed by atoms with Crippen LogP contribution in [0.4, 0.5) is 4.39 Å². The van der Waals surface area contributed by atoms with Crippen molar-refractivity contribution in [2.75, 3.05) is 19.8 Å². The maximum atomic E-state index is 13.5. The fourth-order valence-electron chi connectivity index (χ4n) is 1.76. The Morgan fingerprint density at radius 3 is 1.80 bits per heavy atom. The molecule has 0 saturated heterocycles. The van der Waals surface area contributed by atoms with Crippen LogP contribution in [-0.4, -0.2) is 28.6 Å². The lowest BCUT2D eigenvalue weighted by atomic mass is 10.3. The molecular formula is C15H25FO3Si. The molecule has 0 spiro atoms. The van der Waals surface area contributed by atoms with Gasteiger partial charge in [0.2, 0.25) is 0 Å². The van der Waals surface area contributed by atoms with Gasteiger partial charge in [0.25, 0.3) is 0 Å². The summed E-state index contributed by atoms with van der Waals surface area (Å²) in [7, 11) is -3.01. The van der Waals surface area contributed by atoms with E-state index >= 15 is 0 Å². The second-order valence-corrected chi connectivity index (χ2v) is 7.17. The molecule has 0 fully saturated rings. The van der Waals surface area contributed by atoms with Crippen LogP contribution >= 0.6 is 0 Å². The third kappa shape index (κ3) is 4.98. The Hall–Kier alpha value is -0.753. The van der Waals surface area contributed by atoms with Crippen molar-refractivity contribution < 1.29 is 17.7 Å². The van der Waals surface area contributed by atoms with Crippen LogP contribution in [0, 0.1) is 5.82 Å². The molecule has 0 atom stereocenters. The highest BCUT2D eigenvalue weighted by atomic mass is 28.4. The number of rotatable bonds is 10. The molecule has 0 aliphatic rings. The van der Waals surface area contributed by atoms with E-state index in [1.165, 1.54) is 12.1 Å². The fourth-order valence-corrected chi connectivity index (χ4v) is 4.55. The molecule has 0 bridgehead atoms.